The van der Waals surface area contributed by atoms with Crippen LogP contribution in [0.3, 0.4) is 0 Å². The van der Waals surface area contributed by atoms with E-state index in [-0.39, 0.29) is 11.5 Å². The molecule has 2 heteroatoms. The Balaban J connectivity index is 2.29. The number of phenolic OH excluding ortho intramolecular Hbond substituents is 2. The zero-order valence-electron chi connectivity index (χ0n) is 13.8. The topological polar surface area (TPSA) is 40.5 Å². The highest BCUT2D eigenvalue weighted by molar-refractivity contribution is 6.11. The molecule has 0 saturated heterocycles. The van der Waals surface area contributed by atoms with Gasteiger partial charge in [-0.15, -0.1) is 12.8 Å². The monoisotopic (exact) mass is 334 g/mol. The van der Waals surface area contributed by atoms with Crippen molar-refractivity contribution in [1.29, 1.82) is 0 Å². The molecule has 0 atom stereocenters. The average Bonchev–Trinajstić information content (AvgIpc) is 2.68. The van der Waals surface area contributed by atoms with Gasteiger partial charge in [-0.1, -0.05) is 60.4 Å². The molecule has 26 heavy (non-hydrogen) atoms. The predicted molar refractivity (Wildman–Crippen MR) is 106 cm³/mol. The SMILES string of the molecule is C#Cc1cc2ccccc2c(-c2c(O)c(C#C)cc3ccccc23)c1O. The van der Waals surface area contributed by atoms with E-state index in [0.717, 1.165) is 21.5 Å². The molecule has 4 rings (SSSR count). The van der Waals surface area contributed by atoms with Crippen molar-refractivity contribution >= 4 is 21.5 Å². The van der Waals surface area contributed by atoms with E-state index < -0.39 is 0 Å². The summed E-state index contributed by atoms with van der Waals surface area (Å²) in [5.41, 5.74) is 1.71. The average molecular weight is 334 g/mol. The van der Waals surface area contributed by atoms with E-state index in [1.165, 1.54) is 0 Å². The summed E-state index contributed by atoms with van der Waals surface area (Å²) in [7, 11) is 0. The molecule has 0 aliphatic rings. The predicted octanol–water partition coefficient (Wildman–Crippen LogP) is 5.03. The van der Waals surface area contributed by atoms with Crippen molar-refractivity contribution in [3.8, 4) is 47.3 Å². The lowest BCUT2D eigenvalue weighted by atomic mass is 9.89. The van der Waals surface area contributed by atoms with Crippen LogP contribution in [-0.4, -0.2) is 10.2 Å². The van der Waals surface area contributed by atoms with Crippen molar-refractivity contribution in [2.75, 3.05) is 0 Å². The van der Waals surface area contributed by atoms with Gasteiger partial charge in [-0.2, -0.15) is 0 Å². The molecule has 0 heterocycles. The van der Waals surface area contributed by atoms with Gasteiger partial charge in [0, 0.05) is 11.1 Å². The minimum atomic E-state index is -0.0409. The summed E-state index contributed by atoms with van der Waals surface area (Å²) in [6.07, 6.45) is 11.2. The van der Waals surface area contributed by atoms with E-state index in [2.05, 4.69) is 11.8 Å². The van der Waals surface area contributed by atoms with Crippen LogP contribution in [0.1, 0.15) is 11.1 Å². The Hall–Kier alpha value is -3.88. The maximum atomic E-state index is 10.9. The number of rotatable bonds is 1. The number of aromatic hydroxyl groups is 2. The smallest absolute Gasteiger partial charge is 0.139 e. The Morgan fingerprint density at radius 3 is 1.38 bits per heavy atom. The molecule has 0 unspecified atom stereocenters. The number of hydrogen-bond donors (Lipinski definition) is 2. The molecule has 0 spiro atoms. The number of phenols is 2. The molecule has 0 radical (unpaired) electrons. The lowest BCUT2D eigenvalue weighted by Gasteiger charge is -2.16. The first kappa shape index (κ1) is 15.6. The summed E-state index contributed by atoms with van der Waals surface area (Å²) in [6.45, 7) is 0. The van der Waals surface area contributed by atoms with Crippen molar-refractivity contribution in [2.24, 2.45) is 0 Å². The Morgan fingerprint density at radius 2 is 1.00 bits per heavy atom. The van der Waals surface area contributed by atoms with Gasteiger partial charge >= 0.3 is 0 Å². The normalized spacial score (nSPS) is 10.5. The summed E-state index contributed by atoms with van der Waals surface area (Å²) in [5, 5.41) is 25.1. The number of terminal acetylenes is 2. The van der Waals surface area contributed by atoms with Gasteiger partial charge in [0.2, 0.25) is 0 Å². The van der Waals surface area contributed by atoms with E-state index in [1.54, 1.807) is 12.1 Å². The van der Waals surface area contributed by atoms with E-state index >= 15 is 0 Å². The first-order valence-electron chi connectivity index (χ1n) is 8.08. The van der Waals surface area contributed by atoms with Crippen molar-refractivity contribution < 1.29 is 10.2 Å². The minimum absolute atomic E-state index is 0.0409. The highest BCUT2D eigenvalue weighted by Crippen LogP contribution is 2.47. The van der Waals surface area contributed by atoms with Crippen LogP contribution in [0.5, 0.6) is 11.5 Å². The van der Waals surface area contributed by atoms with Crippen LogP contribution < -0.4 is 0 Å². The molecular weight excluding hydrogens is 320 g/mol. The molecule has 0 fully saturated rings. The van der Waals surface area contributed by atoms with E-state index in [1.807, 2.05) is 48.5 Å². The Kier molecular flexibility index (Phi) is 3.54. The first-order chi connectivity index (χ1) is 12.7. The molecule has 0 aliphatic heterocycles. The maximum absolute atomic E-state index is 10.9. The van der Waals surface area contributed by atoms with Gasteiger partial charge in [-0.05, 0) is 33.7 Å². The number of fused-ring (bicyclic) bond motifs is 2. The number of benzene rings is 4. The molecule has 0 amide bonds. The van der Waals surface area contributed by atoms with Gasteiger partial charge in [-0.25, -0.2) is 0 Å². The largest absolute Gasteiger partial charge is 0.506 e. The third kappa shape index (κ3) is 2.18. The fraction of sp³-hybridized carbons (Fsp3) is 0. The highest BCUT2D eigenvalue weighted by Gasteiger charge is 2.20. The van der Waals surface area contributed by atoms with Crippen LogP contribution in [0.25, 0.3) is 32.7 Å². The molecule has 2 nitrogen and oxygen atoms in total. The van der Waals surface area contributed by atoms with Crippen LogP contribution in [0.15, 0.2) is 60.7 Å². The summed E-state index contributed by atoms with van der Waals surface area (Å²) >= 11 is 0. The van der Waals surface area contributed by atoms with Gasteiger partial charge < -0.3 is 10.2 Å². The Labute approximate surface area is 151 Å². The van der Waals surface area contributed by atoms with Gasteiger partial charge in [0.1, 0.15) is 11.5 Å². The fourth-order valence-electron chi connectivity index (χ4n) is 3.40. The summed E-state index contributed by atoms with van der Waals surface area (Å²) < 4.78 is 0. The van der Waals surface area contributed by atoms with Crippen molar-refractivity contribution in [2.45, 2.75) is 0 Å². The lowest BCUT2D eigenvalue weighted by molar-refractivity contribution is 0.468. The van der Waals surface area contributed by atoms with E-state index in [9.17, 15) is 10.2 Å². The second-order valence-corrected chi connectivity index (χ2v) is 6.03. The van der Waals surface area contributed by atoms with Crippen molar-refractivity contribution in [1.82, 2.24) is 0 Å². The number of hydrogen-bond acceptors (Lipinski definition) is 2. The summed E-state index contributed by atoms with van der Waals surface area (Å²) in [4.78, 5) is 0. The zero-order chi connectivity index (χ0) is 18.3. The van der Waals surface area contributed by atoms with Crippen LogP contribution in [0.2, 0.25) is 0 Å². The third-order valence-corrected chi connectivity index (χ3v) is 4.60. The van der Waals surface area contributed by atoms with Gasteiger partial charge in [0.05, 0.1) is 11.1 Å². The zero-order valence-corrected chi connectivity index (χ0v) is 13.8. The fourth-order valence-corrected chi connectivity index (χ4v) is 3.40. The second kappa shape index (κ2) is 5.88. The van der Waals surface area contributed by atoms with Crippen molar-refractivity contribution in [3.63, 3.8) is 0 Å². The van der Waals surface area contributed by atoms with E-state index in [4.69, 9.17) is 12.8 Å². The molecule has 0 aliphatic carbocycles. The third-order valence-electron chi connectivity index (χ3n) is 4.60. The summed E-state index contributed by atoms with van der Waals surface area (Å²) in [6, 6.07) is 18.7. The molecule has 4 aromatic carbocycles. The quantitative estimate of drug-likeness (QED) is 0.479. The molecule has 0 aromatic heterocycles. The molecular formula is C24H14O2. The first-order valence-corrected chi connectivity index (χ1v) is 8.08. The van der Waals surface area contributed by atoms with Crippen molar-refractivity contribution in [3.05, 3.63) is 71.8 Å². The second-order valence-electron chi connectivity index (χ2n) is 6.03. The van der Waals surface area contributed by atoms with Gasteiger partial charge in [0.15, 0.2) is 0 Å². The summed E-state index contributed by atoms with van der Waals surface area (Å²) in [5.74, 6) is 4.96. The van der Waals surface area contributed by atoms with E-state index in [0.29, 0.717) is 22.3 Å². The highest BCUT2D eigenvalue weighted by atomic mass is 16.3. The van der Waals surface area contributed by atoms with Crippen LogP contribution in [-0.2, 0) is 0 Å². The lowest BCUT2D eigenvalue weighted by Crippen LogP contribution is -1.91. The van der Waals surface area contributed by atoms with Crippen LogP contribution >= 0.6 is 0 Å². The molecule has 0 saturated carbocycles. The Bertz CT molecular complexity index is 1170. The van der Waals surface area contributed by atoms with Crippen LogP contribution in [0.4, 0.5) is 0 Å². The minimum Gasteiger partial charge on any atom is -0.506 e. The molecule has 4 aromatic rings. The molecule has 0 bridgehead atoms. The molecule has 2 N–H and O–H groups in total. The maximum Gasteiger partial charge on any atom is 0.139 e. The standard InChI is InChI=1S/C24H14O2/c1-3-15-13-17-9-5-7-11-19(17)21(23(15)25)22-20-12-8-6-10-18(20)14-16(4-2)24(22)26/h1-2,5-14,25-26H. The Morgan fingerprint density at radius 1 is 0.615 bits per heavy atom. The van der Waals surface area contributed by atoms with Crippen LogP contribution in [0, 0.1) is 24.7 Å². The molecule has 122 valence electrons. The van der Waals surface area contributed by atoms with Gasteiger partial charge in [-0.3, -0.25) is 0 Å². The van der Waals surface area contributed by atoms with Gasteiger partial charge in [0.25, 0.3) is 0 Å².